The van der Waals surface area contributed by atoms with Crippen LogP contribution in [-0.4, -0.2) is 74.5 Å². The fourth-order valence-corrected chi connectivity index (χ4v) is 10.3. The molecule has 0 aromatic carbocycles. The summed E-state index contributed by atoms with van der Waals surface area (Å²) in [5.74, 6) is 4.89. The van der Waals surface area contributed by atoms with E-state index in [1.807, 2.05) is 0 Å². The molecule has 0 spiro atoms. The van der Waals surface area contributed by atoms with Gasteiger partial charge in [-0.05, 0) is 87.5 Å². The minimum atomic E-state index is 0.177. The van der Waals surface area contributed by atoms with Gasteiger partial charge in [-0.25, -0.2) is 0 Å². The van der Waals surface area contributed by atoms with Gasteiger partial charge in [-0.2, -0.15) is 11.0 Å². The number of nitrogens with one attached hydrogen (secondary N) is 7. The van der Waals surface area contributed by atoms with Crippen LogP contribution in [0.25, 0.3) is 0 Å². The smallest absolute Gasteiger partial charge is 0.133 e. The molecule has 3 saturated carbocycles. The number of hydrazine groups is 1. The average Bonchev–Trinajstić information content (AvgIpc) is 3.73. The second kappa shape index (κ2) is 13.1. The molecule has 0 amide bonds. The third kappa shape index (κ3) is 6.19. The van der Waals surface area contributed by atoms with Crippen LogP contribution in [0, 0.1) is 41.4 Å². The molecule has 5 saturated heterocycles. The fraction of sp³-hybridized carbons (Fsp3) is 1.00. The second-order valence-electron chi connectivity index (χ2n) is 15.5. The molecule has 8 aliphatic rings. The molecule has 9 unspecified atom stereocenters. The molecule has 10 nitrogen and oxygen atoms in total. The molecule has 5 heterocycles. The van der Waals surface area contributed by atoms with Crippen molar-refractivity contribution in [2.45, 2.75) is 127 Å². The Morgan fingerprint density at radius 3 is 1.69 bits per heavy atom. The Balaban J connectivity index is 0.907. The number of likely N-dealkylation sites (tertiary alicyclic amines) is 1. The molecule has 42 heavy (non-hydrogen) atoms. The fourth-order valence-electron chi connectivity index (χ4n) is 10.3. The zero-order chi connectivity index (χ0) is 27.9. The number of hydroxylamine groups is 2. The van der Waals surface area contributed by atoms with Crippen molar-refractivity contribution >= 4 is 0 Å². The van der Waals surface area contributed by atoms with Gasteiger partial charge in [-0.15, -0.1) is 0 Å². The quantitative estimate of drug-likeness (QED) is 0.250. The Hall–Kier alpha value is -0.400. The maximum Gasteiger partial charge on any atom is 0.133 e. The van der Waals surface area contributed by atoms with E-state index in [2.05, 4.69) is 42.7 Å². The lowest BCUT2D eigenvalue weighted by Gasteiger charge is -2.53. The summed E-state index contributed by atoms with van der Waals surface area (Å²) in [6, 6.07) is 1.29. The van der Waals surface area contributed by atoms with Gasteiger partial charge in [-0.1, -0.05) is 38.5 Å². The predicted octanol–water partition coefficient (Wildman–Crippen LogP) is 2.12. The largest absolute Gasteiger partial charge is 0.312 e. The van der Waals surface area contributed by atoms with Crippen molar-refractivity contribution in [2.24, 2.45) is 41.4 Å². The number of hydrogen-bond acceptors (Lipinski definition) is 10. The summed E-state index contributed by atoms with van der Waals surface area (Å²) < 4.78 is 0. The maximum atomic E-state index is 6.24. The summed E-state index contributed by atoms with van der Waals surface area (Å²) in [6.07, 6.45) is 19.4. The van der Waals surface area contributed by atoms with Gasteiger partial charge in [0.15, 0.2) is 0 Å². The zero-order valence-electron chi connectivity index (χ0n) is 25.7. The lowest BCUT2D eigenvalue weighted by atomic mass is 9.71. The van der Waals surface area contributed by atoms with Crippen molar-refractivity contribution in [2.75, 3.05) is 32.7 Å². The van der Waals surface area contributed by atoms with Crippen molar-refractivity contribution in [1.82, 2.24) is 42.7 Å². The van der Waals surface area contributed by atoms with Crippen LogP contribution >= 0.6 is 0 Å². The summed E-state index contributed by atoms with van der Waals surface area (Å²) in [5, 5.41) is 11.8. The van der Waals surface area contributed by atoms with Gasteiger partial charge < -0.3 is 5.32 Å². The van der Waals surface area contributed by atoms with Crippen LogP contribution in [0.4, 0.5) is 0 Å². The molecule has 0 aromatic heterocycles. The Labute approximate surface area is 253 Å². The molecular formula is C32H58N8O2. The molecule has 7 N–H and O–H groups in total. The first-order chi connectivity index (χ1) is 20.8. The standard InChI is InChI=1S/C32H58N8O2/c1-3-7-20(8-4-1)31-36-29(38-41-31)22-11-23(30-37-32(42-39-30)21-9-5-2-6-10-21)14-27(13-22)40-18-26(19-40)24-12-25-16-34-35-17-28(25)33-15-24/h20-39H,1-19H2. The molecule has 238 valence electrons. The van der Waals surface area contributed by atoms with E-state index in [0.717, 1.165) is 30.8 Å². The van der Waals surface area contributed by atoms with Crippen molar-refractivity contribution in [3.8, 4) is 0 Å². The third-order valence-corrected chi connectivity index (χ3v) is 12.9. The van der Waals surface area contributed by atoms with Gasteiger partial charge in [0.2, 0.25) is 0 Å². The highest BCUT2D eigenvalue weighted by Gasteiger charge is 2.48. The number of nitrogens with zero attached hydrogens (tertiary/aromatic N) is 1. The van der Waals surface area contributed by atoms with Crippen molar-refractivity contribution in [1.29, 1.82) is 0 Å². The third-order valence-electron chi connectivity index (χ3n) is 12.9. The van der Waals surface area contributed by atoms with E-state index >= 15 is 0 Å². The van der Waals surface area contributed by atoms with E-state index in [1.165, 1.54) is 110 Å². The molecule has 8 rings (SSSR count). The van der Waals surface area contributed by atoms with Crippen LogP contribution in [0.2, 0.25) is 0 Å². The van der Waals surface area contributed by atoms with Crippen molar-refractivity contribution < 1.29 is 9.68 Å². The van der Waals surface area contributed by atoms with Gasteiger partial charge in [0, 0.05) is 50.1 Å². The summed E-state index contributed by atoms with van der Waals surface area (Å²) >= 11 is 0. The first kappa shape index (κ1) is 29.0. The first-order valence-corrected chi connectivity index (χ1v) is 18.0. The first-order valence-electron chi connectivity index (χ1n) is 18.0. The van der Waals surface area contributed by atoms with Gasteiger partial charge in [-0.3, -0.25) is 36.1 Å². The maximum absolute atomic E-state index is 6.24. The molecule has 0 bridgehead atoms. The lowest BCUT2D eigenvalue weighted by Crippen LogP contribution is -2.64. The van der Waals surface area contributed by atoms with E-state index in [-0.39, 0.29) is 24.8 Å². The molecule has 10 heteroatoms. The van der Waals surface area contributed by atoms with E-state index < -0.39 is 0 Å². The highest BCUT2D eigenvalue weighted by atomic mass is 16.7. The van der Waals surface area contributed by atoms with E-state index in [0.29, 0.717) is 35.8 Å². The Kier molecular flexibility index (Phi) is 9.08. The number of fused-ring (bicyclic) bond motifs is 1. The second-order valence-corrected chi connectivity index (χ2v) is 15.5. The van der Waals surface area contributed by atoms with Gasteiger partial charge in [0.1, 0.15) is 12.5 Å². The molecule has 5 aliphatic heterocycles. The zero-order valence-corrected chi connectivity index (χ0v) is 25.7. The normalized spacial score (nSPS) is 46.9. The van der Waals surface area contributed by atoms with Crippen LogP contribution < -0.4 is 37.8 Å². The minimum absolute atomic E-state index is 0.177. The molecule has 3 aliphatic carbocycles. The molecule has 9 atom stereocenters. The van der Waals surface area contributed by atoms with Gasteiger partial charge in [0.05, 0.1) is 12.3 Å². The Bertz CT molecular complexity index is 837. The Morgan fingerprint density at radius 1 is 0.500 bits per heavy atom. The van der Waals surface area contributed by atoms with Crippen LogP contribution in [0.15, 0.2) is 0 Å². The minimum Gasteiger partial charge on any atom is -0.312 e. The van der Waals surface area contributed by atoms with Gasteiger partial charge >= 0.3 is 0 Å². The number of rotatable bonds is 6. The van der Waals surface area contributed by atoms with Gasteiger partial charge in [0.25, 0.3) is 0 Å². The van der Waals surface area contributed by atoms with Crippen LogP contribution in [0.1, 0.15) is 89.9 Å². The van der Waals surface area contributed by atoms with Crippen LogP contribution in [-0.2, 0) is 9.68 Å². The summed E-state index contributed by atoms with van der Waals surface area (Å²) in [7, 11) is 0. The summed E-state index contributed by atoms with van der Waals surface area (Å²) in [6.45, 7) is 5.91. The molecule has 8 fully saturated rings. The monoisotopic (exact) mass is 586 g/mol. The van der Waals surface area contributed by atoms with Crippen LogP contribution in [0.5, 0.6) is 0 Å². The molecule has 0 aromatic rings. The lowest BCUT2D eigenvalue weighted by molar-refractivity contribution is -0.0473. The highest BCUT2D eigenvalue weighted by Crippen LogP contribution is 2.42. The SMILES string of the molecule is C1CCC(C2NC(C3CC(C4NOC(C5CCCCC5)N4)CC(N4CC(C5CNC6CNNCC6C5)C4)C3)NO2)CC1. The highest BCUT2D eigenvalue weighted by molar-refractivity contribution is 5.00. The topological polar surface area (TPSA) is 106 Å². The number of piperidine rings is 1. The van der Waals surface area contributed by atoms with Crippen molar-refractivity contribution in [3.63, 3.8) is 0 Å². The Morgan fingerprint density at radius 2 is 1.07 bits per heavy atom. The van der Waals surface area contributed by atoms with E-state index in [9.17, 15) is 0 Å². The summed E-state index contributed by atoms with van der Waals surface area (Å²) in [5.41, 5.74) is 13.8. The van der Waals surface area contributed by atoms with E-state index in [4.69, 9.17) is 9.68 Å². The molecular weight excluding hydrogens is 528 g/mol. The number of hydrogen-bond donors (Lipinski definition) is 7. The predicted molar refractivity (Wildman–Crippen MR) is 162 cm³/mol. The van der Waals surface area contributed by atoms with Crippen LogP contribution in [0.3, 0.4) is 0 Å². The molecule has 0 radical (unpaired) electrons. The summed E-state index contributed by atoms with van der Waals surface area (Å²) in [4.78, 5) is 15.3. The average molecular weight is 587 g/mol. The van der Waals surface area contributed by atoms with E-state index in [1.54, 1.807) is 0 Å². The van der Waals surface area contributed by atoms with Crippen molar-refractivity contribution in [3.05, 3.63) is 0 Å².